The van der Waals surface area contributed by atoms with Gasteiger partial charge in [0.15, 0.2) is 0 Å². The van der Waals surface area contributed by atoms with Crippen LogP contribution in [0.3, 0.4) is 0 Å². The van der Waals surface area contributed by atoms with E-state index in [4.69, 9.17) is 0 Å². The maximum absolute atomic E-state index is 10.8. The first-order chi connectivity index (χ1) is 10.9. The SMILES string of the molecule is Cc1nc([N+](=O)[O-])cn1[C@@H]1C=C[C@H](n2cc([N+](=O)[O-])nc2C)C1. The van der Waals surface area contributed by atoms with Crippen molar-refractivity contribution in [1.29, 1.82) is 0 Å². The van der Waals surface area contributed by atoms with Gasteiger partial charge in [0, 0.05) is 13.8 Å². The average Bonchev–Trinajstić information content (AvgIpc) is 3.16. The number of nitrogens with zero attached hydrogens (tertiary/aromatic N) is 6. The van der Waals surface area contributed by atoms with Crippen LogP contribution in [0.2, 0.25) is 0 Å². The van der Waals surface area contributed by atoms with Crippen molar-refractivity contribution in [2.75, 3.05) is 0 Å². The molecule has 0 saturated carbocycles. The Morgan fingerprint density at radius 2 is 1.35 bits per heavy atom. The predicted molar refractivity (Wildman–Crippen MR) is 79.1 cm³/mol. The molecule has 2 heterocycles. The quantitative estimate of drug-likeness (QED) is 0.484. The van der Waals surface area contributed by atoms with Gasteiger partial charge in [0.25, 0.3) is 0 Å². The number of aryl methyl sites for hydroxylation is 2. The van der Waals surface area contributed by atoms with E-state index in [1.807, 2.05) is 12.2 Å². The zero-order valence-corrected chi connectivity index (χ0v) is 12.5. The molecule has 23 heavy (non-hydrogen) atoms. The van der Waals surface area contributed by atoms with Crippen molar-refractivity contribution >= 4 is 11.6 Å². The second-order valence-electron chi connectivity index (χ2n) is 5.38. The molecule has 0 aliphatic heterocycles. The summed E-state index contributed by atoms with van der Waals surface area (Å²) < 4.78 is 3.49. The normalized spacial score (nSPS) is 20.1. The largest absolute Gasteiger partial charge is 0.381 e. The van der Waals surface area contributed by atoms with Crippen LogP contribution >= 0.6 is 0 Å². The fourth-order valence-electron chi connectivity index (χ4n) is 2.86. The minimum atomic E-state index is -0.525. The monoisotopic (exact) mass is 318 g/mol. The molecule has 120 valence electrons. The van der Waals surface area contributed by atoms with Crippen LogP contribution in [0.15, 0.2) is 24.5 Å². The number of hydrogen-bond donors (Lipinski definition) is 0. The van der Waals surface area contributed by atoms with E-state index < -0.39 is 9.85 Å². The minimum Gasteiger partial charge on any atom is -0.358 e. The Morgan fingerprint density at radius 1 is 0.957 bits per heavy atom. The molecule has 1 aliphatic rings. The van der Waals surface area contributed by atoms with Gasteiger partial charge in [-0.25, -0.2) is 0 Å². The van der Waals surface area contributed by atoms with Gasteiger partial charge in [-0.15, -0.1) is 0 Å². The van der Waals surface area contributed by atoms with E-state index in [0.29, 0.717) is 18.1 Å². The topological polar surface area (TPSA) is 122 Å². The highest BCUT2D eigenvalue weighted by molar-refractivity contribution is 5.23. The summed E-state index contributed by atoms with van der Waals surface area (Å²) in [6.45, 7) is 3.42. The van der Waals surface area contributed by atoms with Gasteiger partial charge in [-0.1, -0.05) is 12.2 Å². The Balaban J connectivity index is 1.83. The summed E-state index contributed by atoms with van der Waals surface area (Å²) in [7, 11) is 0. The van der Waals surface area contributed by atoms with Crippen LogP contribution in [-0.4, -0.2) is 28.9 Å². The first-order valence-corrected chi connectivity index (χ1v) is 6.95. The van der Waals surface area contributed by atoms with Crippen LogP contribution in [0.5, 0.6) is 0 Å². The lowest BCUT2D eigenvalue weighted by molar-refractivity contribution is -0.389. The molecule has 0 radical (unpaired) electrons. The van der Waals surface area contributed by atoms with Gasteiger partial charge in [-0.05, 0) is 26.2 Å². The number of rotatable bonds is 4. The van der Waals surface area contributed by atoms with Crippen molar-refractivity contribution in [3.05, 3.63) is 56.4 Å². The number of hydrogen-bond acceptors (Lipinski definition) is 6. The molecule has 0 fully saturated rings. The van der Waals surface area contributed by atoms with Crippen molar-refractivity contribution in [2.24, 2.45) is 0 Å². The van der Waals surface area contributed by atoms with Crippen LogP contribution in [0.25, 0.3) is 0 Å². The van der Waals surface area contributed by atoms with Crippen LogP contribution < -0.4 is 0 Å². The Hall–Kier alpha value is -3.04. The Labute approximate surface area is 130 Å². The smallest absolute Gasteiger partial charge is 0.358 e. The highest BCUT2D eigenvalue weighted by Gasteiger charge is 2.29. The van der Waals surface area contributed by atoms with E-state index in [1.165, 1.54) is 12.4 Å². The van der Waals surface area contributed by atoms with Gasteiger partial charge >= 0.3 is 11.6 Å². The van der Waals surface area contributed by atoms with Gasteiger partial charge in [0.2, 0.25) is 11.6 Å². The molecule has 2 aromatic rings. The lowest BCUT2D eigenvalue weighted by Gasteiger charge is -2.14. The van der Waals surface area contributed by atoms with E-state index >= 15 is 0 Å². The van der Waals surface area contributed by atoms with Crippen LogP contribution in [0.4, 0.5) is 11.6 Å². The molecule has 0 aromatic carbocycles. The van der Waals surface area contributed by atoms with Crippen LogP contribution in [0.1, 0.15) is 30.2 Å². The summed E-state index contributed by atoms with van der Waals surface area (Å²) in [5.41, 5.74) is 0. The second kappa shape index (κ2) is 5.30. The van der Waals surface area contributed by atoms with Crippen LogP contribution in [-0.2, 0) is 0 Å². The first-order valence-electron chi connectivity index (χ1n) is 6.95. The van der Waals surface area contributed by atoms with Gasteiger partial charge in [-0.2, -0.15) is 0 Å². The van der Waals surface area contributed by atoms with E-state index in [2.05, 4.69) is 9.97 Å². The highest BCUT2D eigenvalue weighted by Crippen LogP contribution is 2.34. The molecule has 1 aliphatic carbocycles. The predicted octanol–water partition coefficient (Wildman–Crippen LogP) is 2.26. The molecule has 2 aromatic heterocycles. The molecule has 0 saturated heterocycles. The standard InChI is InChI=1S/C13H14N6O4/c1-8-14-12(18(20)21)6-16(8)10-3-4-11(5-10)17-7-13(19(22)23)15-9(17)2/h3-4,6-7,10-11H,5H2,1-2H3/t10-,11+. The van der Waals surface area contributed by atoms with Gasteiger partial charge < -0.3 is 29.4 Å². The van der Waals surface area contributed by atoms with Crippen LogP contribution in [0, 0.1) is 34.1 Å². The van der Waals surface area contributed by atoms with E-state index in [0.717, 1.165) is 0 Å². The molecular formula is C13H14N6O4. The molecule has 0 amide bonds. The van der Waals surface area contributed by atoms with Crippen molar-refractivity contribution in [2.45, 2.75) is 32.4 Å². The molecule has 0 unspecified atom stereocenters. The summed E-state index contributed by atoms with van der Waals surface area (Å²) in [5, 5.41) is 21.6. The fourth-order valence-corrected chi connectivity index (χ4v) is 2.86. The number of imidazole rings is 2. The summed E-state index contributed by atoms with van der Waals surface area (Å²) in [6, 6.07) is -0.163. The van der Waals surface area contributed by atoms with E-state index in [9.17, 15) is 20.2 Å². The summed E-state index contributed by atoms with van der Waals surface area (Å²) in [4.78, 5) is 28.4. The fraction of sp³-hybridized carbons (Fsp3) is 0.385. The Morgan fingerprint density at radius 3 is 1.65 bits per heavy atom. The Kier molecular flexibility index (Phi) is 3.43. The third-order valence-corrected chi connectivity index (χ3v) is 3.94. The van der Waals surface area contributed by atoms with Crippen molar-refractivity contribution < 1.29 is 9.85 Å². The lowest BCUT2D eigenvalue weighted by Crippen LogP contribution is -2.10. The highest BCUT2D eigenvalue weighted by atomic mass is 16.6. The molecule has 10 nitrogen and oxygen atoms in total. The molecule has 0 N–H and O–H groups in total. The maximum Gasteiger partial charge on any atom is 0.381 e. The zero-order valence-electron chi connectivity index (χ0n) is 12.5. The van der Waals surface area contributed by atoms with Crippen molar-refractivity contribution in [1.82, 2.24) is 19.1 Å². The number of allylic oxidation sites excluding steroid dienone is 2. The third-order valence-electron chi connectivity index (χ3n) is 3.94. The lowest BCUT2D eigenvalue weighted by atomic mass is 10.2. The Bertz CT molecular complexity index is 754. The molecule has 0 bridgehead atoms. The average molecular weight is 318 g/mol. The number of nitro groups is 2. The zero-order chi connectivity index (χ0) is 16.7. The summed E-state index contributed by atoms with van der Waals surface area (Å²) in [5.74, 6) is 0.739. The maximum atomic E-state index is 10.8. The van der Waals surface area contributed by atoms with Crippen molar-refractivity contribution in [3.8, 4) is 0 Å². The first kappa shape index (κ1) is 14.9. The number of aromatic nitrogens is 4. The second-order valence-corrected chi connectivity index (χ2v) is 5.38. The van der Waals surface area contributed by atoms with Crippen molar-refractivity contribution in [3.63, 3.8) is 0 Å². The van der Waals surface area contributed by atoms with Gasteiger partial charge in [0.1, 0.15) is 12.4 Å². The minimum absolute atomic E-state index is 0.0814. The van der Waals surface area contributed by atoms with Gasteiger partial charge in [0.05, 0.1) is 12.1 Å². The molecular weight excluding hydrogens is 304 g/mol. The third kappa shape index (κ3) is 2.58. The molecule has 10 heteroatoms. The van der Waals surface area contributed by atoms with E-state index in [1.54, 1.807) is 23.0 Å². The molecule has 0 spiro atoms. The summed E-state index contributed by atoms with van der Waals surface area (Å²) >= 11 is 0. The molecule has 3 rings (SSSR count). The summed E-state index contributed by atoms with van der Waals surface area (Å²) in [6.07, 6.45) is 7.30. The van der Waals surface area contributed by atoms with E-state index in [-0.39, 0.29) is 23.7 Å². The molecule has 2 atom stereocenters. The van der Waals surface area contributed by atoms with Gasteiger partial charge in [-0.3, -0.25) is 0 Å².